The molecule has 3 fully saturated rings. The van der Waals surface area contributed by atoms with Crippen LogP contribution in [0.1, 0.15) is 83.2 Å². The van der Waals surface area contributed by atoms with Gasteiger partial charge in [0.15, 0.2) is 18.5 Å². The summed E-state index contributed by atoms with van der Waals surface area (Å²) in [6, 6.07) is 63.5. The normalized spacial score (nSPS) is 26.5. The molecule has 0 aliphatic carbocycles. The fraction of sp³-hybridized carbons (Fsp3) is 0.405. The molecule has 15 atom stereocenters. The maximum absolute atomic E-state index is 13.4. The lowest BCUT2D eigenvalue weighted by Crippen LogP contribution is -2.59. The Kier molecular flexibility index (Phi) is 25.5. The lowest BCUT2D eigenvalue weighted by atomic mass is 9.88. The molecule has 16 heteroatoms. The molecule has 0 aromatic heterocycles. The molecule has 0 amide bonds. The highest BCUT2D eigenvalue weighted by Crippen LogP contribution is 2.37. The molecule has 7 aromatic rings. The van der Waals surface area contributed by atoms with Gasteiger partial charge in [0, 0.05) is 17.8 Å². The van der Waals surface area contributed by atoms with Crippen molar-refractivity contribution in [2.75, 3.05) is 34.0 Å². The van der Waals surface area contributed by atoms with E-state index in [1.54, 1.807) is 50.6 Å². The van der Waals surface area contributed by atoms with Crippen molar-refractivity contribution in [3.8, 4) is 11.5 Å². The van der Waals surface area contributed by atoms with E-state index in [1.807, 2.05) is 179 Å². The lowest BCUT2D eigenvalue weighted by Gasteiger charge is -2.47. The Balaban J connectivity index is 0.000000276. The summed E-state index contributed by atoms with van der Waals surface area (Å²) >= 11 is 0. The molecule has 7 aromatic carbocycles. The van der Waals surface area contributed by atoms with E-state index in [1.165, 1.54) is 0 Å². The molecule has 3 aliphatic heterocycles. The van der Waals surface area contributed by atoms with E-state index in [0.717, 1.165) is 39.3 Å². The first-order valence-electron chi connectivity index (χ1n) is 31.0. The fourth-order valence-electron chi connectivity index (χ4n) is 11.5. The van der Waals surface area contributed by atoms with Crippen molar-refractivity contribution in [3.05, 3.63) is 239 Å². The summed E-state index contributed by atoms with van der Waals surface area (Å²) in [6.07, 6.45) is -5.93. The molecule has 0 radical (unpaired) electrons. The molecule has 10 rings (SSSR count). The average molecular weight is 1230 g/mol. The first kappa shape index (κ1) is 67.1. The highest BCUT2D eigenvalue weighted by Gasteiger charge is 2.49. The monoisotopic (exact) mass is 1230 g/mol. The Morgan fingerprint density at radius 1 is 0.367 bits per heavy atom. The first-order valence-corrected chi connectivity index (χ1v) is 31.0. The smallest absolute Gasteiger partial charge is 0.338 e. The fourth-order valence-corrected chi connectivity index (χ4v) is 11.5. The summed E-state index contributed by atoms with van der Waals surface area (Å²) in [4.78, 5) is 26.0. The minimum Gasteiger partial charge on any atom is -0.497 e. The molecular weight excluding hydrogens is 1140 g/mol. The number of carbonyl (C=O) groups excluding carboxylic acids is 2. The minimum atomic E-state index is -0.680. The molecule has 1 N–H and O–H groups in total. The van der Waals surface area contributed by atoms with Crippen LogP contribution in [0.25, 0.3) is 0 Å². The number of hydrogen-bond donors (Lipinski definition) is 1. The number of ether oxygens (including phenoxy) is 13. The van der Waals surface area contributed by atoms with Gasteiger partial charge in [0.25, 0.3) is 0 Å². The Labute approximate surface area is 529 Å². The van der Waals surface area contributed by atoms with Crippen molar-refractivity contribution in [2.24, 2.45) is 17.8 Å². The molecular formula is C74H86O16. The Hall–Kier alpha value is -7.32. The second-order valence-electron chi connectivity index (χ2n) is 23.1. The number of methoxy groups -OCH3 is 2. The van der Waals surface area contributed by atoms with E-state index in [-0.39, 0.29) is 43.7 Å². The van der Waals surface area contributed by atoms with Gasteiger partial charge < -0.3 is 66.7 Å². The zero-order valence-electron chi connectivity index (χ0n) is 52.4. The maximum Gasteiger partial charge on any atom is 0.338 e. The average Bonchev–Trinajstić information content (AvgIpc) is 1.07. The van der Waals surface area contributed by atoms with Crippen LogP contribution in [0.4, 0.5) is 0 Å². The minimum absolute atomic E-state index is 0.118. The molecule has 0 bridgehead atoms. The second-order valence-corrected chi connectivity index (χ2v) is 23.1. The van der Waals surface area contributed by atoms with E-state index >= 15 is 0 Å². The third kappa shape index (κ3) is 18.7. The quantitative estimate of drug-likeness (QED) is 0.0507. The van der Waals surface area contributed by atoms with E-state index in [2.05, 4.69) is 19.1 Å². The number of aliphatic hydroxyl groups excluding tert-OH is 1. The molecule has 15 unspecified atom stereocenters. The van der Waals surface area contributed by atoms with E-state index in [9.17, 15) is 14.7 Å². The summed E-state index contributed by atoms with van der Waals surface area (Å²) in [5, 5.41) is 9.68. The van der Waals surface area contributed by atoms with Crippen LogP contribution in [0.5, 0.6) is 11.5 Å². The van der Waals surface area contributed by atoms with Crippen molar-refractivity contribution < 1.29 is 76.3 Å². The molecule has 90 heavy (non-hydrogen) atoms. The number of carbonyl (C=O) groups is 2. The predicted molar refractivity (Wildman–Crippen MR) is 338 cm³/mol. The zero-order valence-corrected chi connectivity index (χ0v) is 52.4. The topological polar surface area (TPSA) is 174 Å². The number of esters is 2. The van der Waals surface area contributed by atoms with Crippen LogP contribution >= 0.6 is 0 Å². The highest BCUT2D eigenvalue weighted by atomic mass is 16.7. The van der Waals surface area contributed by atoms with E-state index < -0.39 is 79.3 Å². The Morgan fingerprint density at radius 3 is 1.13 bits per heavy atom. The number of rotatable bonds is 26. The summed E-state index contributed by atoms with van der Waals surface area (Å²) < 4.78 is 81.3. The van der Waals surface area contributed by atoms with Gasteiger partial charge in [0.1, 0.15) is 35.9 Å². The Bertz CT molecular complexity index is 3180. The number of benzene rings is 7. The van der Waals surface area contributed by atoms with Gasteiger partial charge in [-0.1, -0.05) is 172 Å². The van der Waals surface area contributed by atoms with Crippen LogP contribution in [0.15, 0.2) is 200 Å². The van der Waals surface area contributed by atoms with Crippen molar-refractivity contribution >= 4 is 11.9 Å². The van der Waals surface area contributed by atoms with Crippen molar-refractivity contribution in [3.63, 3.8) is 0 Å². The van der Waals surface area contributed by atoms with Gasteiger partial charge in [-0.3, -0.25) is 0 Å². The van der Waals surface area contributed by atoms with Crippen molar-refractivity contribution in [1.29, 1.82) is 0 Å². The summed E-state index contributed by atoms with van der Waals surface area (Å²) in [7, 11) is 3.26. The van der Waals surface area contributed by atoms with E-state index in [0.29, 0.717) is 44.2 Å². The molecule has 3 saturated heterocycles. The molecule has 3 aliphatic rings. The second kappa shape index (κ2) is 34.2. The van der Waals surface area contributed by atoms with Gasteiger partial charge in [-0.2, -0.15) is 0 Å². The van der Waals surface area contributed by atoms with Gasteiger partial charge in [0.05, 0.1) is 109 Å². The molecule has 0 spiro atoms. The van der Waals surface area contributed by atoms with E-state index in [4.69, 9.17) is 61.6 Å². The van der Waals surface area contributed by atoms with Crippen LogP contribution in [0.3, 0.4) is 0 Å². The molecule has 478 valence electrons. The predicted octanol–water partition coefficient (Wildman–Crippen LogP) is 12.2. The van der Waals surface area contributed by atoms with Gasteiger partial charge in [-0.15, -0.1) is 0 Å². The summed E-state index contributed by atoms with van der Waals surface area (Å²) in [5.41, 5.74) is 6.04. The number of hydrogen-bond acceptors (Lipinski definition) is 16. The van der Waals surface area contributed by atoms with Crippen LogP contribution in [0, 0.1) is 17.8 Å². The lowest BCUT2D eigenvalue weighted by molar-refractivity contribution is -0.312. The maximum atomic E-state index is 13.4. The van der Waals surface area contributed by atoms with Crippen LogP contribution in [-0.4, -0.2) is 125 Å². The van der Waals surface area contributed by atoms with Gasteiger partial charge in [0.2, 0.25) is 0 Å². The van der Waals surface area contributed by atoms with Crippen LogP contribution < -0.4 is 9.47 Å². The first-order chi connectivity index (χ1) is 43.9. The number of aliphatic hydroxyl groups is 1. The molecule has 0 saturated carbocycles. The zero-order chi connectivity index (χ0) is 63.2. The standard InChI is InChI=1S/C51H58O10.C23H28O6/c1-35-44(59-37(3)48(61-50(52)42-23-15-8-16-24-42)46(35)55-32-41-25-27-43(53-4)28-26-41)34-58-51-36(2)47(56-30-39-19-11-6-12-20-39)49(57-31-40-21-13-7-14-22-40)45(60-51)33-54-29-38-17-9-5-10-18-38;1-15-20(13-24)28-16(2)22(29-23(25)18-7-5-4-6-8-18)21(15)27-14-17-9-11-19(26-3)12-10-17/h5-28,35-37,44-49,51H,29-34H2,1-4H3;4-12,15-16,20-22,24H,13-14H2,1-3H3. The summed E-state index contributed by atoms with van der Waals surface area (Å²) in [5.74, 6) is 0.0524. The molecule has 16 nitrogen and oxygen atoms in total. The Morgan fingerprint density at radius 2 is 0.722 bits per heavy atom. The third-order valence-electron chi connectivity index (χ3n) is 16.8. The largest absolute Gasteiger partial charge is 0.497 e. The van der Waals surface area contributed by atoms with Crippen LogP contribution in [-0.2, 0) is 85.1 Å². The van der Waals surface area contributed by atoms with Gasteiger partial charge in [-0.05, 0) is 90.2 Å². The third-order valence-corrected chi connectivity index (χ3v) is 16.8. The van der Waals surface area contributed by atoms with Gasteiger partial charge >= 0.3 is 11.9 Å². The van der Waals surface area contributed by atoms with Crippen molar-refractivity contribution in [1.82, 2.24) is 0 Å². The highest BCUT2D eigenvalue weighted by molar-refractivity contribution is 5.90. The van der Waals surface area contributed by atoms with Crippen molar-refractivity contribution in [2.45, 2.75) is 141 Å². The molecule has 3 heterocycles. The van der Waals surface area contributed by atoms with Gasteiger partial charge in [-0.25, -0.2) is 9.59 Å². The SMILES string of the molecule is COc1ccc(COC2C(C)C(CO)OC(C)C2OC(=O)c2ccccc2)cc1.COc1ccc(COC2C(C)C(COC3OC(COCc4ccccc4)C(OCc4ccccc4)C(OCc4ccccc4)C3C)OC(C)C2OC(=O)c2ccccc2)cc1. The van der Waals surface area contributed by atoms with Crippen LogP contribution in [0.2, 0.25) is 0 Å². The summed E-state index contributed by atoms with van der Waals surface area (Å²) in [6.45, 7) is 12.0.